The molecule has 0 atom stereocenters. The van der Waals surface area contributed by atoms with Crippen LogP contribution in [0, 0.1) is 0 Å². The first-order valence-corrected chi connectivity index (χ1v) is 6.19. The molecule has 0 radical (unpaired) electrons. The number of hydrogen-bond acceptors (Lipinski definition) is 3. The van der Waals surface area contributed by atoms with E-state index < -0.39 is 0 Å². The van der Waals surface area contributed by atoms with Crippen molar-refractivity contribution in [3.8, 4) is 0 Å². The highest BCUT2D eigenvalue weighted by atomic mass is 16.2. The highest BCUT2D eigenvalue weighted by molar-refractivity contribution is 5.84. The molecular weight excluding hydrogens is 218 g/mol. The molecule has 0 aromatic heterocycles. The molecule has 5 nitrogen and oxygen atoms in total. The highest BCUT2D eigenvalue weighted by Gasteiger charge is 2.29. The van der Waals surface area contributed by atoms with Gasteiger partial charge in [0.2, 0.25) is 11.8 Å². The summed E-state index contributed by atoms with van der Waals surface area (Å²) in [6, 6.07) is 0. The number of amides is 2. The van der Waals surface area contributed by atoms with Crippen LogP contribution in [0.1, 0.15) is 38.5 Å². The van der Waals surface area contributed by atoms with Crippen LogP contribution in [-0.2, 0) is 9.59 Å². The molecule has 17 heavy (non-hydrogen) atoms. The van der Waals surface area contributed by atoms with Gasteiger partial charge in [-0.2, -0.15) is 0 Å². The Morgan fingerprint density at radius 3 is 2.35 bits per heavy atom. The molecular formula is C12H23N3O2. The van der Waals surface area contributed by atoms with Gasteiger partial charge < -0.3 is 16.0 Å². The Morgan fingerprint density at radius 1 is 1.24 bits per heavy atom. The predicted octanol–water partition coefficient (Wildman–Crippen LogP) is 0.243. The largest absolute Gasteiger partial charge is 0.347 e. The molecule has 0 heterocycles. The molecule has 5 heteroatoms. The fourth-order valence-electron chi connectivity index (χ4n) is 2.15. The van der Waals surface area contributed by atoms with Gasteiger partial charge in [0, 0.05) is 26.1 Å². The molecule has 1 rings (SSSR count). The third-order valence-electron chi connectivity index (χ3n) is 3.30. The summed E-state index contributed by atoms with van der Waals surface area (Å²) in [4.78, 5) is 24.4. The van der Waals surface area contributed by atoms with Crippen molar-refractivity contribution in [2.75, 3.05) is 20.6 Å². The molecule has 2 amide bonds. The summed E-state index contributed by atoms with van der Waals surface area (Å²) in [6.45, 7) is 0.0575. The van der Waals surface area contributed by atoms with Gasteiger partial charge in [-0.1, -0.05) is 19.3 Å². The Morgan fingerprint density at radius 2 is 1.82 bits per heavy atom. The summed E-state index contributed by atoms with van der Waals surface area (Å²) in [5.74, 6) is -0.224. The van der Waals surface area contributed by atoms with E-state index in [1.807, 2.05) is 0 Å². The fourth-order valence-corrected chi connectivity index (χ4v) is 2.15. The van der Waals surface area contributed by atoms with Crippen molar-refractivity contribution in [3.63, 3.8) is 0 Å². The number of carbonyl (C=O) groups is 2. The van der Waals surface area contributed by atoms with Crippen LogP contribution in [0.2, 0.25) is 0 Å². The quantitative estimate of drug-likeness (QED) is 0.740. The highest BCUT2D eigenvalue weighted by Crippen LogP contribution is 2.28. The first kappa shape index (κ1) is 14.0. The van der Waals surface area contributed by atoms with Crippen molar-refractivity contribution in [2.45, 2.75) is 44.1 Å². The molecule has 0 saturated heterocycles. The summed E-state index contributed by atoms with van der Waals surface area (Å²) in [5, 5.41) is 2.63. The molecule has 1 fully saturated rings. The number of carbonyl (C=O) groups excluding carboxylic acids is 2. The van der Waals surface area contributed by atoms with Crippen molar-refractivity contribution in [3.05, 3.63) is 0 Å². The van der Waals surface area contributed by atoms with Gasteiger partial charge in [-0.05, 0) is 12.8 Å². The summed E-state index contributed by atoms with van der Waals surface area (Å²) in [6.07, 6.45) is 5.54. The molecule has 1 saturated carbocycles. The number of likely N-dealkylation sites (N-methyl/N-ethyl adjacent to an activating group) is 1. The number of nitrogens with zero attached hydrogens (tertiary/aromatic N) is 1. The van der Waals surface area contributed by atoms with Gasteiger partial charge in [-0.25, -0.2) is 0 Å². The van der Waals surface area contributed by atoms with E-state index in [-0.39, 0.29) is 23.9 Å². The van der Waals surface area contributed by atoms with E-state index in [9.17, 15) is 9.59 Å². The van der Waals surface area contributed by atoms with Crippen LogP contribution < -0.4 is 11.1 Å². The van der Waals surface area contributed by atoms with Crippen LogP contribution in [0.5, 0.6) is 0 Å². The normalized spacial score (nSPS) is 18.5. The predicted molar refractivity (Wildman–Crippen MR) is 66.3 cm³/mol. The van der Waals surface area contributed by atoms with Crippen LogP contribution in [0.3, 0.4) is 0 Å². The van der Waals surface area contributed by atoms with E-state index in [4.69, 9.17) is 5.73 Å². The summed E-state index contributed by atoms with van der Waals surface area (Å²) < 4.78 is 0. The molecule has 3 N–H and O–H groups in total. The average Bonchev–Trinajstić information content (AvgIpc) is 2.26. The summed E-state index contributed by atoms with van der Waals surface area (Å²) in [5.41, 5.74) is 5.81. The second-order valence-corrected chi connectivity index (χ2v) is 5.16. The number of nitrogens with one attached hydrogen (secondary N) is 1. The lowest BCUT2D eigenvalue weighted by molar-refractivity contribution is -0.131. The Hall–Kier alpha value is -1.10. The zero-order valence-electron chi connectivity index (χ0n) is 10.8. The Labute approximate surface area is 103 Å². The number of rotatable bonds is 4. The van der Waals surface area contributed by atoms with Crippen molar-refractivity contribution in [2.24, 2.45) is 5.73 Å². The first-order chi connectivity index (χ1) is 7.93. The fraction of sp³-hybridized carbons (Fsp3) is 0.833. The van der Waals surface area contributed by atoms with E-state index in [2.05, 4.69) is 5.32 Å². The standard InChI is InChI=1S/C12H23N3O2/c1-15(2)11(17)9-14-10(16)8-12(13)6-4-3-5-7-12/h3-9,13H2,1-2H3,(H,14,16). The van der Waals surface area contributed by atoms with E-state index >= 15 is 0 Å². The van der Waals surface area contributed by atoms with Gasteiger partial charge in [0.15, 0.2) is 0 Å². The van der Waals surface area contributed by atoms with Crippen LogP contribution in [0.25, 0.3) is 0 Å². The zero-order chi connectivity index (χ0) is 12.9. The molecule has 98 valence electrons. The zero-order valence-corrected chi connectivity index (χ0v) is 10.8. The second kappa shape index (κ2) is 6.00. The smallest absolute Gasteiger partial charge is 0.241 e. The van der Waals surface area contributed by atoms with Crippen LogP contribution in [-0.4, -0.2) is 42.9 Å². The monoisotopic (exact) mass is 241 g/mol. The van der Waals surface area contributed by atoms with Gasteiger partial charge in [-0.15, -0.1) is 0 Å². The van der Waals surface area contributed by atoms with Crippen molar-refractivity contribution >= 4 is 11.8 Å². The minimum atomic E-state index is -0.358. The van der Waals surface area contributed by atoms with E-state index in [0.717, 1.165) is 25.7 Å². The molecule has 1 aliphatic rings. The maximum Gasteiger partial charge on any atom is 0.241 e. The van der Waals surface area contributed by atoms with E-state index in [0.29, 0.717) is 6.42 Å². The maximum absolute atomic E-state index is 11.7. The molecule has 1 aliphatic carbocycles. The topological polar surface area (TPSA) is 75.4 Å². The maximum atomic E-state index is 11.7. The molecule has 0 unspecified atom stereocenters. The van der Waals surface area contributed by atoms with E-state index in [1.165, 1.54) is 11.3 Å². The van der Waals surface area contributed by atoms with Crippen molar-refractivity contribution in [1.82, 2.24) is 10.2 Å². The Bertz CT molecular complexity index is 283. The lowest BCUT2D eigenvalue weighted by Gasteiger charge is -2.32. The molecule has 0 aromatic carbocycles. The van der Waals surface area contributed by atoms with Gasteiger partial charge in [0.25, 0.3) is 0 Å². The third-order valence-corrected chi connectivity index (χ3v) is 3.30. The minimum Gasteiger partial charge on any atom is -0.347 e. The number of nitrogens with two attached hydrogens (primary N) is 1. The van der Waals surface area contributed by atoms with Gasteiger partial charge >= 0.3 is 0 Å². The molecule has 0 spiro atoms. The SMILES string of the molecule is CN(C)C(=O)CNC(=O)CC1(N)CCCCC1. The van der Waals surface area contributed by atoms with Crippen molar-refractivity contribution in [1.29, 1.82) is 0 Å². The lowest BCUT2D eigenvalue weighted by Crippen LogP contribution is -2.47. The third kappa shape index (κ3) is 4.73. The van der Waals surface area contributed by atoms with Gasteiger partial charge in [0.1, 0.15) is 0 Å². The Balaban J connectivity index is 2.31. The molecule has 0 aliphatic heterocycles. The van der Waals surface area contributed by atoms with E-state index in [1.54, 1.807) is 14.1 Å². The summed E-state index contributed by atoms with van der Waals surface area (Å²) in [7, 11) is 3.33. The average molecular weight is 241 g/mol. The number of hydrogen-bond donors (Lipinski definition) is 2. The minimum absolute atomic E-state index is 0.0575. The summed E-state index contributed by atoms with van der Waals surface area (Å²) >= 11 is 0. The second-order valence-electron chi connectivity index (χ2n) is 5.16. The molecule has 0 aromatic rings. The van der Waals surface area contributed by atoms with Crippen molar-refractivity contribution < 1.29 is 9.59 Å². The Kier molecular flexibility index (Phi) is 4.93. The first-order valence-electron chi connectivity index (χ1n) is 6.19. The van der Waals surface area contributed by atoms with Gasteiger partial charge in [0.05, 0.1) is 6.54 Å². The van der Waals surface area contributed by atoms with Gasteiger partial charge in [-0.3, -0.25) is 9.59 Å². The lowest BCUT2D eigenvalue weighted by atomic mass is 9.80. The van der Waals surface area contributed by atoms with Crippen LogP contribution >= 0.6 is 0 Å². The van der Waals surface area contributed by atoms with Crippen LogP contribution in [0.15, 0.2) is 0 Å². The molecule has 0 bridgehead atoms. The van der Waals surface area contributed by atoms with Crippen LogP contribution in [0.4, 0.5) is 0 Å².